The van der Waals surface area contributed by atoms with E-state index in [-0.39, 0.29) is 5.96 Å². The molecule has 4 N–H and O–H groups in total. The summed E-state index contributed by atoms with van der Waals surface area (Å²) >= 11 is 0. The first-order valence-electron chi connectivity index (χ1n) is 4.73. The van der Waals surface area contributed by atoms with Gasteiger partial charge in [0, 0.05) is 17.6 Å². The van der Waals surface area contributed by atoms with Crippen molar-refractivity contribution in [2.75, 3.05) is 7.11 Å². The average Bonchev–Trinajstić information content (AvgIpc) is 2.28. The summed E-state index contributed by atoms with van der Waals surface area (Å²) in [5.41, 5.74) is 12.1. The van der Waals surface area contributed by atoms with E-state index in [4.69, 9.17) is 16.2 Å². The Bertz CT molecular complexity index is 547. The molecular weight excluding hydrogens is 204 g/mol. The van der Waals surface area contributed by atoms with Crippen LogP contribution >= 0.6 is 0 Å². The van der Waals surface area contributed by atoms with E-state index in [0.717, 1.165) is 10.9 Å². The number of nitrogens with zero attached hydrogens (tertiary/aromatic N) is 2. The van der Waals surface area contributed by atoms with Crippen LogP contribution < -0.4 is 16.2 Å². The number of aliphatic imine (C=N–C) groups is 1. The number of guanidine groups is 1. The Kier molecular flexibility index (Phi) is 2.59. The van der Waals surface area contributed by atoms with Gasteiger partial charge in [-0.1, -0.05) is 6.07 Å². The van der Waals surface area contributed by atoms with Crippen molar-refractivity contribution >= 4 is 22.5 Å². The summed E-state index contributed by atoms with van der Waals surface area (Å²) < 4.78 is 5.17. The Hall–Kier alpha value is -2.30. The van der Waals surface area contributed by atoms with E-state index >= 15 is 0 Å². The molecule has 1 heterocycles. The molecule has 0 saturated carbocycles. The summed E-state index contributed by atoms with van der Waals surface area (Å²) in [7, 11) is 1.59. The third kappa shape index (κ3) is 1.88. The number of hydrogen-bond donors (Lipinski definition) is 2. The minimum Gasteiger partial charge on any atom is -0.497 e. The van der Waals surface area contributed by atoms with E-state index in [1.807, 2.05) is 18.2 Å². The van der Waals surface area contributed by atoms with Gasteiger partial charge in [0.15, 0.2) is 5.96 Å². The molecule has 5 nitrogen and oxygen atoms in total. The second-order valence-corrected chi connectivity index (χ2v) is 3.26. The lowest BCUT2D eigenvalue weighted by molar-refractivity contribution is 0.415. The fourth-order valence-electron chi connectivity index (χ4n) is 1.49. The Balaban J connectivity index is 2.73. The number of pyridine rings is 1. The van der Waals surface area contributed by atoms with Gasteiger partial charge in [-0.25, -0.2) is 4.99 Å². The Morgan fingerprint density at radius 1 is 1.38 bits per heavy atom. The van der Waals surface area contributed by atoms with Gasteiger partial charge in [-0.05, 0) is 12.1 Å². The molecule has 0 amide bonds. The lowest BCUT2D eigenvalue weighted by Gasteiger charge is -2.05. The SMILES string of the molecule is COc1cc(N=C(N)N)c2ncccc2c1. The highest BCUT2D eigenvalue weighted by molar-refractivity contribution is 5.93. The summed E-state index contributed by atoms with van der Waals surface area (Å²) in [5, 5.41) is 0.932. The van der Waals surface area contributed by atoms with Crippen molar-refractivity contribution in [3.05, 3.63) is 30.5 Å². The predicted molar refractivity (Wildman–Crippen MR) is 63.8 cm³/mol. The van der Waals surface area contributed by atoms with Gasteiger partial charge in [0.05, 0.1) is 18.3 Å². The zero-order valence-electron chi connectivity index (χ0n) is 8.84. The molecule has 1 aromatic carbocycles. The number of hydrogen-bond acceptors (Lipinski definition) is 3. The number of fused-ring (bicyclic) bond motifs is 1. The standard InChI is InChI=1S/C11H12N4O/c1-16-8-5-7-3-2-4-14-10(7)9(6-8)15-11(12)13/h2-6H,1H3,(H4,12,13,15). The maximum Gasteiger partial charge on any atom is 0.191 e. The molecule has 0 aliphatic heterocycles. The average molecular weight is 216 g/mol. The largest absolute Gasteiger partial charge is 0.497 e. The lowest BCUT2D eigenvalue weighted by Crippen LogP contribution is -2.21. The topological polar surface area (TPSA) is 86.5 Å². The Morgan fingerprint density at radius 3 is 2.88 bits per heavy atom. The van der Waals surface area contributed by atoms with Crippen LogP contribution in [-0.4, -0.2) is 18.1 Å². The van der Waals surface area contributed by atoms with Gasteiger partial charge in [-0.3, -0.25) is 4.98 Å². The molecule has 5 heteroatoms. The second kappa shape index (κ2) is 4.06. The number of rotatable bonds is 2. The molecule has 0 aliphatic carbocycles. The van der Waals surface area contributed by atoms with Crippen molar-refractivity contribution in [2.24, 2.45) is 16.5 Å². The number of benzene rings is 1. The molecule has 0 spiro atoms. The van der Waals surface area contributed by atoms with Gasteiger partial charge in [0.1, 0.15) is 5.75 Å². The van der Waals surface area contributed by atoms with E-state index in [9.17, 15) is 0 Å². The smallest absolute Gasteiger partial charge is 0.191 e. The molecule has 82 valence electrons. The third-order valence-electron chi connectivity index (χ3n) is 2.14. The first kappa shape index (κ1) is 10.2. The molecule has 0 saturated heterocycles. The molecule has 0 unspecified atom stereocenters. The van der Waals surface area contributed by atoms with Crippen molar-refractivity contribution in [3.8, 4) is 5.75 Å². The summed E-state index contributed by atoms with van der Waals surface area (Å²) in [5.74, 6) is 0.695. The first-order valence-corrected chi connectivity index (χ1v) is 4.73. The predicted octanol–water partition coefficient (Wildman–Crippen LogP) is 1.15. The van der Waals surface area contributed by atoms with Gasteiger partial charge < -0.3 is 16.2 Å². The summed E-state index contributed by atoms with van der Waals surface area (Å²) in [6.07, 6.45) is 1.69. The van der Waals surface area contributed by atoms with E-state index in [1.165, 1.54) is 0 Å². The highest BCUT2D eigenvalue weighted by Crippen LogP contribution is 2.29. The molecule has 16 heavy (non-hydrogen) atoms. The second-order valence-electron chi connectivity index (χ2n) is 3.26. The molecular formula is C11H12N4O. The number of methoxy groups -OCH3 is 1. The molecule has 0 aliphatic rings. The highest BCUT2D eigenvalue weighted by atomic mass is 16.5. The van der Waals surface area contributed by atoms with Crippen LogP contribution in [0.5, 0.6) is 5.75 Å². The van der Waals surface area contributed by atoms with Crippen LogP contribution in [0.15, 0.2) is 35.5 Å². The number of aromatic nitrogens is 1. The van der Waals surface area contributed by atoms with Crippen molar-refractivity contribution in [1.29, 1.82) is 0 Å². The Morgan fingerprint density at radius 2 is 2.19 bits per heavy atom. The zero-order valence-corrected chi connectivity index (χ0v) is 8.84. The van der Waals surface area contributed by atoms with Gasteiger partial charge in [0.2, 0.25) is 0 Å². The highest BCUT2D eigenvalue weighted by Gasteiger charge is 2.04. The maximum absolute atomic E-state index is 5.37. The Labute approximate surface area is 92.8 Å². The molecule has 0 atom stereocenters. The lowest BCUT2D eigenvalue weighted by atomic mass is 10.2. The fourth-order valence-corrected chi connectivity index (χ4v) is 1.49. The van der Waals surface area contributed by atoms with Crippen molar-refractivity contribution in [1.82, 2.24) is 4.98 Å². The minimum absolute atomic E-state index is 0.000191. The molecule has 1 aromatic heterocycles. The van der Waals surface area contributed by atoms with Gasteiger partial charge in [0.25, 0.3) is 0 Å². The van der Waals surface area contributed by atoms with Gasteiger partial charge in [-0.15, -0.1) is 0 Å². The summed E-state index contributed by atoms with van der Waals surface area (Å²) in [6, 6.07) is 7.40. The normalized spacial score (nSPS) is 10.1. The van der Waals surface area contributed by atoms with Crippen LogP contribution in [0.1, 0.15) is 0 Å². The quantitative estimate of drug-likeness (QED) is 0.582. The van der Waals surface area contributed by atoms with Crippen LogP contribution in [0.4, 0.5) is 5.69 Å². The summed E-state index contributed by atoms with van der Waals surface area (Å²) in [4.78, 5) is 8.26. The third-order valence-corrected chi connectivity index (χ3v) is 2.14. The van der Waals surface area contributed by atoms with Gasteiger partial charge >= 0.3 is 0 Å². The zero-order chi connectivity index (χ0) is 11.5. The van der Waals surface area contributed by atoms with Crippen molar-refractivity contribution < 1.29 is 4.74 Å². The van der Waals surface area contributed by atoms with Crippen LogP contribution in [0.2, 0.25) is 0 Å². The minimum atomic E-state index is 0.000191. The monoisotopic (exact) mass is 216 g/mol. The van der Waals surface area contributed by atoms with E-state index in [2.05, 4.69) is 9.98 Å². The van der Waals surface area contributed by atoms with Crippen molar-refractivity contribution in [2.45, 2.75) is 0 Å². The number of nitrogens with two attached hydrogens (primary N) is 2. The van der Waals surface area contributed by atoms with Crippen LogP contribution in [0.3, 0.4) is 0 Å². The number of ether oxygens (including phenoxy) is 1. The molecule has 0 radical (unpaired) electrons. The molecule has 0 fully saturated rings. The van der Waals surface area contributed by atoms with Crippen molar-refractivity contribution in [3.63, 3.8) is 0 Å². The summed E-state index contributed by atoms with van der Waals surface area (Å²) in [6.45, 7) is 0. The van der Waals surface area contributed by atoms with E-state index < -0.39 is 0 Å². The van der Waals surface area contributed by atoms with Crippen LogP contribution in [0, 0.1) is 0 Å². The molecule has 2 rings (SSSR count). The van der Waals surface area contributed by atoms with Gasteiger partial charge in [-0.2, -0.15) is 0 Å². The fraction of sp³-hybridized carbons (Fsp3) is 0.0909. The van der Waals surface area contributed by atoms with E-state index in [0.29, 0.717) is 11.4 Å². The molecule has 2 aromatic rings. The van der Waals surface area contributed by atoms with E-state index in [1.54, 1.807) is 19.4 Å². The van der Waals surface area contributed by atoms with Crippen LogP contribution in [0.25, 0.3) is 10.9 Å². The van der Waals surface area contributed by atoms with Crippen LogP contribution in [-0.2, 0) is 0 Å². The molecule has 0 bridgehead atoms. The maximum atomic E-state index is 5.37. The first-order chi connectivity index (χ1) is 7.70.